The van der Waals surface area contributed by atoms with E-state index in [1.807, 2.05) is 6.07 Å². The molecule has 3 nitrogen and oxygen atoms in total. The van der Waals surface area contributed by atoms with Crippen molar-refractivity contribution in [2.75, 3.05) is 0 Å². The minimum absolute atomic E-state index is 0.172. The van der Waals surface area contributed by atoms with Crippen molar-refractivity contribution < 1.29 is 0 Å². The molecule has 0 spiro atoms. The van der Waals surface area contributed by atoms with Gasteiger partial charge in [-0.3, -0.25) is 0 Å². The van der Waals surface area contributed by atoms with Crippen LogP contribution in [0.1, 0.15) is 32.0 Å². The third kappa shape index (κ3) is 1.21. The lowest BCUT2D eigenvalue weighted by Crippen LogP contribution is -2.45. The van der Waals surface area contributed by atoms with Crippen LogP contribution in [0.5, 0.6) is 0 Å². The summed E-state index contributed by atoms with van der Waals surface area (Å²) in [5.74, 6) is 1.07. The molecule has 84 valence electrons. The first-order valence-corrected chi connectivity index (χ1v) is 5.99. The van der Waals surface area contributed by atoms with Gasteiger partial charge in [0.2, 0.25) is 0 Å². The first-order valence-electron chi connectivity index (χ1n) is 5.99. The highest BCUT2D eigenvalue weighted by molar-refractivity contribution is 5.76. The lowest BCUT2D eigenvalue weighted by Gasteiger charge is -2.37. The predicted molar refractivity (Wildman–Crippen MR) is 65.1 cm³/mol. The van der Waals surface area contributed by atoms with Crippen molar-refractivity contribution in [3.05, 3.63) is 30.1 Å². The van der Waals surface area contributed by atoms with Crippen molar-refractivity contribution in [2.45, 2.75) is 38.3 Å². The second kappa shape index (κ2) is 3.32. The maximum absolute atomic E-state index is 6.38. The quantitative estimate of drug-likeness (QED) is 0.836. The highest BCUT2D eigenvalue weighted by Crippen LogP contribution is 2.39. The Morgan fingerprint density at radius 2 is 2.12 bits per heavy atom. The normalized spacial score (nSPS) is 18.6. The third-order valence-corrected chi connectivity index (χ3v) is 3.66. The zero-order valence-corrected chi connectivity index (χ0v) is 9.61. The van der Waals surface area contributed by atoms with Crippen molar-refractivity contribution >= 4 is 11.0 Å². The fourth-order valence-corrected chi connectivity index (χ4v) is 2.56. The van der Waals surface area contributed by atoms with E-state index in [0.29, 0.717) is 0 Å². The van der Waals surface area contributed by atoms with Crippen LogP contribution in [0.3, 0.4) is 0 Å². The average Bonchev–Trinajstić information content (AvgIpc) is 2.64. The van der Waals surface area contributed by atoms with Crippen LogP contribution in [0.2, 0.25) is 0 Å². The van der Waals surface area contributed by atoms with Gasteiger partial charge >= 0.3 is 0 Å². The van der Waals surface area contributed by atoms with E-state index in [4.69, 9.17) is 10.7 Å². The maximum atomic E-state index is 6.38. The van der Waals surface area contributed by atoms with Crippen LogP contribution in [-0.4, -0.2) is 9.55 Å². The Morgan fingerprint density at radius 3 is 2.75 bits per heavy atom. The lowest BCUT2D eigenvalue weighted by atomic mass is 9.77. The number of hydrogen-bond acceptors (Lipinski definition) is 2. The van der Waals surface area contributed by atoms with Crippen LogP contribution in [-0.2, 0) is 12.1 Å². The van der Waals surface area contributed by atoms with Crippen molar-refractivity contribution in [1.29, 1.82) is 0 Å². The Balaban J connectivity index is 2.24. The summed E-state index contributed by atoms with van der Waals surface area (Å²) in [6.07, 6.45) is 3.36. The number of fused-ring (bicyclic) bond motifs is 1. The number of aromatic nitrogens is 2. The van der Waals surface area contributed by atoms with Crippen LogP contribution >= 0.6 is 0 Å². The molecule has 2 aromatic rings. The molecule has 2 N–H and O–H groups in total. The Kier molecular flexibility index (Phi) is 2.04. The molecule has 1 heterocycles. The topological polar surface area (TPSA) is 43.8 Å². The SMILES string of the molecule is CCn1c(C2(N)CCC2)nc2ccccc21. The number of benzene rings is 1. The number of para-hydroxylation sites is 2. The third-order valence-electron chi connectivity index (χ3n) is 3.66. The number of aryl methyl sites for hydroxylation is 1. The van der Waals surface area contributed by atoms with Crippen molar-refractivity contribution in [3.8, 4) is 0 Å². The summed E-state index contributed by atoms with van der Waals surface area (Å²) in [6.45, 7) is 3.09. The number of hydrogen-bond donors (Lipinski definition) is 1. The molecule has 3 heteroatoms. The molecule has 0 atom stereocenters. The fraction of sp³-hybridized carbons (Fsp3) is 0.462. The van der Waals surface area contributed by atoms with Crippen LogP contribution in [0.25, 0.3) is 11.0 Å². The summed E-state index contributed by atoms with van der Waals surface area (Å²) >= 11 is 0. The van der Waals surface area contributed by atoms with Gasteiger partial charge in [0, 0.05) is 6.54 Å². The van der Waals surface area contributed by atoms with Crippen molar-refractivity contribution in [2.24, 2.45) is 5.73 Å². The summed E-state index contributed by atoms with van der Waals surface area (Å²) in [5, 5.41) is 0. The molecule has 16 heavy (non-hydrogen) atoms. The van der Waals surface area contributed by atoms with Gasteiger partial charge in [0.05, 0.1) is 16.6 Å². The van der Waals surface area contributed by atoms with E-state index in [1.54, 1.807) is 0 Å². The van der Waals surface area contributed by atoms with E-state index < -0.39 is 0 Å². The van der Waals surface area contributed by atoms with E-state index in [0.717, 1.165) is 30.7 Å². The van der Waals surface area contributed by atoms with Gasteiger partial charge in [-0.05, 0) is 38.3 Å². The Bertz CT molecular complexity index is 523. The van der Waals surface area contributed by atoms with Gasteiger partial charge in [-0.2, -0.15) is 0 Å². The highest BCUT2D eigenvalue weighted by Gasteiger charge is 2.38. The first-order chi connectivity index (χ1) is 7.74. The Hall–Kier alpha value is -1.35. The molecule has 0 aliphatic heterocycles. The van der Waals surface area contributed by atoms with Crippen LogP contribution in [0.15, 0.2) is 24.3 Å². The molecule has 0 saturated heterocycles. The summed E-state index contributed by atoms with van der Waals surface area (Å²) < 4.78 is 2.26. The van der Waals surface area contributed by atoms with Gasteiger partial charge in [-0.15, -0.1) is 0 Å². The molecule has 0 radical (unpaired) electrons. The van der Waals surface area contributed by atoms with E-state index in [2.05, 4.69) is 29.7 Å². The number of rotatable bonds is 2. The van der Waals surface area contributed by atoms with Gasteiger partial charge in [0.25, 0.3) is 0 Å². The van der Waals surface area contributed by atoms with Crippen molar-refractivity contribution in [3.63, 3.8) is 0 Å². The average molecular weight is 215 g/mol. The number of imidazole rings is 1. The smallest absolute Gasteiger partial charge is 0.130 e. The predicted octanol–water partition coefficient (Wildman–Crippen LogP) is 2.39. The highest BCUT2D eigenvalue weighted by atomic mass is 15.1. The molecule has 1 aliphatic rings. The standard InChI is InChI=1S/C13H17N3/c1-2-16-11-7-4-3-6-10(11)15-12(16)13(14)8-5-9-13/h3-4,6-7H,2,5,8-9,14H2,1H3. The number of nitrogens with zero attached hydrogens (tertiary/aromatic N) is 2. The Morgan fingerprint density at radius 1 is 1.38 bits per heavy atom. The lowest BCUT2D eigenvalue weighted by molar-refractivity contribution is 0.232. The first kappa shape index (κ1) is 9.85. The van der Waals surface area contributed by atoms with E-state index >= 15 is 0 Å². The molecule has 1 fully saturated rings. The molecule has 1 aromatic heterocycles. The molecule has 0 bridgehead atoms. The largest absolute Gasteiger partial charge is 0.327 e. The van der Waals surface area contributed by atoms with Crippen LogP contribution in [0, 0.1) is 0 Å². The van der Waals surface area contributed by atoms with Gasteiger partial charge in [-0.25, -0.2) is 4.98 Å². The summed E-state index contributed by atoms with van der Waals surface area (Å²) in [4.78, 5) is 4.72. The van der Waals surface area contributed by atoms with Gasteiger partial charge in [0.1, 0.15) is 5.82 Å². The molecular formula is C13H17N3. The minimum Gasteiger partial charge on any atom is -0.327 e. The molecule has 1 aromatic carbocycles. The van der Waals surface area contributed by atoms with E-state index in [9.17, 15) is 0 Å². The zero-order valence-electron chi connectivity index (χ0n) is 9.61. The second-order valence-corrected chi connectivity index (χ2v) is 4.68. The zero-order chi connectivity index (χ0) is 11.2. The van der Waals surface area contributed by atoms with Gasteiger partial charge in [0.15, 0.2) is 0 Å². The maximum Gasteiger partial charge on any atom is 0.130 e. The molecule has 3 rings (SSSR count). The minimum atomic E-state index is -0.172. The monoisotopic (exact) mass is 215 g/mol. The Labute approximate surface area is 95.3 Å². The fourth-order valence-electron chi connectivity index (χ4n) is 2.56. The number of nitrogens with two attached hydrogens (primary N) is 1. The molecule has 0 unspecified atom stereocenters. The van der Waals surface area contributed by atoms with Crippen molar-refractivity contribution in [1.82, 2.24) is 9.55 Å². The van der Waals surface area contributed by atoms with Crippen LogP contribution in [0.4, 0.5) is 0 Å². The molecule has 1 saturated carbocycles. The summed E-state index contributed by atoms with van der Waals surface area (Å²) in [5.41, 5.74) is 8.48. The molecule has 0 amide bonds. The van der Waals surface area contributed by atoms with E-state index in [1.165, 1.54) is 11.9 Å². The molecular weight excluding hydrogens is 198 g/mol. The second-order valence-electron chi connectivity index (χ2n) is 4.68. The summed E-state index contributed by atoms with van der Waals surface area (Å²) in [7, 11) is 0. The molecule has 1 aliphatic carbocycles. The summed E-state index contributed by atoms with van der Waals surface area (Å²) in [6, 6.07) is 8.28. The van der Waals surface area contributed by atoms with Crippen LogP contribution < -0.4 is 5.73 Å². The van der Waals surface area contributed by atoms with E-state index in [-0.39, 0.29) is 5.54 Å². The van der Waals surface area contributed by atoms with Gasteiger partial charge < -0.3 is 10.3 Å². The van der Waals surface area contributed by atoms with Gasteiger partial charge in [-0.1, -0.05) is 12.1 Å².